The maximum atomic E-state index is 12.6. The molecule has 0 aliphatic heterocycles. The van der Waals surface area contributed by atoms with Gasteiger partial charge in [0.2, 0.25) is 0 Å². The fraction of sp³-hybridized carbons (Fsp3) is 0.480. The number of carbonyl (C=O) groups is 1. The third kappa shape index (κ3) is 4.47. The second kappa shape index (κ2) is 8.91. The van der Waals surface area contributed by atoms with Crippen molar-refractivity contribution in [3.05, 3.63) is 65.7 Å². The Morgan fingerprint density at radius 3 is 2.61 bits per heavy atom. The monoisotopic (exact) mass is 379 g/mol. The van der Waals surface area contributed by atoms with Gasteiger partial charge in [0, 0.05) is 6.42 Å². The van der Waals surface area contributed by atoms with E-state index in [2.05, 4.69) is 49.5 Å². The highest BCUT2D eigenvalue weighted by molar-refractivity contribution is 5.89. The largest absolute Gasteiger partial charge is 0.489 e. The SMILES string of the molecule is CCCCC1(c2cccc(OCc3ccccc3)c2)CCC(=O)C(C)(NC)C1. The zero-order valence-corrected chi connectivity index (χ0v) is 17.5. The Morgan fingerprint density at radius 1 is 1.11 bits per heavy atom. The summed E-state index contributed by atoms with van der Waals surface area (Å²) in [6.07, 6.45) is 5.84. The first-order valence-corrected chi connectivity index (χ1v) is 10.5. The summed E-state index contributed by atoms with van der Waals surface area (Å²) in [7, 11) is 1.91. The lowest BCUT2D eigenvalue weighted by Crippen LogP contribution is -2.55. The van der Waals surface area contributed by atoms with E-state index in [-0.39, 0.29) is 5.41 Å². The van der Waals surface area contributed by atoms with Crippen LogP contribution in [0.5, 0.6) is 5.75 Å². The highest BCUT2D eigenvalue weighted by atomic mass is 16.5. The van der Waals surface area contributed by atoms with Crippen LogP contribution in [0.25, 0.3) is 0 Å². The van der Waals surface area contributed by atoms with Crippen molar-refractivity contribution in [1.82, 2.24) is 5.32 Å². The van der Waals surface area contributed by atoms with E-state index < -0.39 is 5.54 Å². The maximum Gasteiger partial charge on any atom is 0.152 e. The van der Waals surface area contributed by atoms with E-state index in [4.69, 9.17) is 4.74 Å². The van der Waals surface area contributed by atoms with Crippen LogP contribution in [0.1, 0.15) is 63.5 Å². The van der Waals surface area contributed by atoms with Gasteiger partial charge >= 0.3 is 0 Å². The lowest BCUT2D eigenvalue weighted by atomic mass is 9.61. The second-order valence-corrected chi connectivity index (χ2v) is 8.37. The first kappa shape index (κ1) is 20.6. The van der Waals surface area contributed by atoms with E-state index in [1.807, 2.05) is 31.3 Å². The predicted molar refractivity (Wildman–Crippen MR) is 115 cm³/mol. The summed E-state index contributed by atoms with van der Waals surface area (Å²) in [5, 5.41) is 3.31. The zero-order chi connectivity index (χ0) is 20.0. The Bertz CT molecular complexity index is 788. The van der Waals surface area contributed by atoms with E-state index >= 15 is 0 Å². The minimum absolute atomic E-state index is 0.0216. The zero-order valence-electron chi connectivity index (χ0n) is 17.5. The summed E-state index contributed by atoms with van der Waals surface area (Å²) < 4.78 is 6.09. The number of rotatable bonds is 8. The summed E-state index contributed by atoms with van der Waals surface area (Å²) in [4.78, 5) is 12.6. The summed E-state index contributed by atoms with van der Waals surface area (Å²) >= 11 is 0. The molecule has 3 nitrogen and oxygen atoms in total. The molecule has 0 radical (unpaired) electrons. The Hall–Kier alpha value is -2.13. The number of carbonyl (C=O) groups excluding carboxylic acids is 1. The lowest BCUT2D eigenvalue weighted by Gasteiger charge is -2.46. The van der Waals surface area contributed by atoms with Crippen molar-refractivity contribution < 1.29 is 9.53 Å². The highest BCUT2D eigenvalue weighted by Gasteiger charge is 2.47. The molecule has 2 atom stereocenters. The molecule has 28 heavy (non-hydrogen) atoms. The standard InChI is InChI=1S/C25H33NO2/c1-4-5-15-25(16-14-23(27)24(2,19-25)26-3)21-12-9-13-22(17-21)28-18-20-10-7-6-8-11-20/h6-13,17,26H,4-5,14-16,18-19H2,1-3H3. The quantitative estimate of drug-likeness (QED) is 0.665. The van der Waals surface area contributed by atoms with Crippen LogP contribution >= 0.6 is 0 Å². The van der Waals surface area contributed by atoms with Crippen molar-refractivity contribution in [3.63, 3.8) is 0 Å². The minimum Gasteiger partial charge on any atom is -0.489 e. The van der Waals surface area contributed by atoms with Crippen LogP contribution in [-0.4, -0.2) is 18.4 Å². The van der Waals surface area contributed by atoms with Crippen molar-refractivity contribution in [2.24, 2.45) is 0 Å². The summed E-state index contributed by atoms with van der Waals surface area (Å²) in [6, 6.07) is 18.8. The van der Waals surface area contributed by atoms with E-state index in [9.17, 15) is 4.79 Å². The van der Waals surface area contributed by atoms with Gasteiger partial charge in [0.1, 0.15) is 12.4 Å². The minimum atomic E-state index is -0.451. The van der Waals surface area contributed by atoms with Gasteiger partial charge in [0.05, 0.1) is 5.54 Å². The average Bonchev–Trinajstić information content (AvgIpc) is 2.74. The van der Waals surface area contributed by atoms with Crippen molar-refractivity contribution in [2.75, 3.05) is 7.05 Å². The average molecular weight is 380 g/mol. The van der Waals surface area contributed by atoms with Crippen LogP contribution in [0.15, 0.2) is 54.6 Å². The number of likely N-dealkylation sites (N-methyl/N-ethyl adjacent to an activating group) is 1. The number of ether oxygens (including phenoxy) is 1. The molecule has 1 N–H and O–H groups in total. The van der Waals surface area contributed by atoms with Crippen molar-refractivity contribution >= 4 is 5.78 Å². The van der Waals surface area contributed by atoms with Gasteiger partial charge in [-0.3, -0.25) is 4.79 Å². The molecule has 3 rings (SSSR count). The smallest absolute Gasteiger partial charge is 0.152 e. The Labute approximate surface area is 169 Å². The van der Waals surface area contributed by atoms with Gasteiger partial charge in [-0.1, -0.05) is 62.2 Å². The molecule has 2 aromatic rings. The van der Waals surface area contributed by atoms with E-state index in [1.165, 1.54) is 17.5 Å². The molecule has 1 saturated carbocycles. The second-order valence-electron chi connectivity index (χ2n) is 8.37. The van der Waals surface area contributed by atoms with Crippen molar-refractivity contribution in [1.29, 1.82) is 0 Å². The topological polar surface area (TPSA) is 38.3 Å². The van der Waals surface area contributed by atoms with Gasteiger partial charge in [-0.05, 0) is 61.9 Å². The molecule has 1 aliphatic carbocycles. The lowest BCUT2D eigenvalue weighted by molar-refractivity contribution is -0.128. The van der Waals surface area contributed by atoms with E-state index in [0.29, 0.717) is 18.8 Å². The van der Waals surface area contributed by atoms with Crippen LogP contribution in [0.3, 0.4) is 0 Å². The van der Waals surface area contributed by atoms with Crippen LogP contribution < -0.4 is 10.1 Å². The summed E-state index contributed by atoms with van der Waals surface area (Å²) in [6.45, 7) is 4.86. The molecule has 0 bridgehead atoms. The summed E-state index contributed by atoms with van der Waals surface area (Å²) in [5.41, 5.74) is 2.04. The molecular formula is C25H33NO2. The molecule has 0 heterocycles. The number of ketones is 1. The van der Waals surface area contributed by atoms with Crippen LogP contribution in [-0.2, 0) is 16.8 Å². The van der Waals surface area contributed by atoms with Crippen molar-refractivity contribution in [2.45, 2.75) is 69.9 Å². The Balaban J connectivity index is 1.85. The Kier molecular flexibility index (Phi) is 6.56. The van der Waals surface area contributed by atoms with Gasteiger partial charge < -0.3 is 10.1 Å². The Morgan fingerprint density at radius 2 is 1.89 bits per heavy atom. The van der Waals surface area contributed by atoms with E-state index in [0.717, 1.165) is 31.4 Å². The summed E-state index contributed by atoms with van der Waals surface area (Å²) in [5.74, 6) is 1.24. The fourth-order valence-electron chi connectivity index (χ4n) is 4.50. The van der Waals surface area contributed by atoms with Gasteiger partial charge in [0.25, 0.3) is 0 Å². The number of unbranched alkanes of at least 4 members (excludes halogenated alkanes) is 1. The molecule has 2 unspecified atom stereocenters. The van der Waals surface area contributed by atoms with Crippen molar-refractivity contribution in [3.8, 4) is 5.75 Å². The molecule has 2 aromatic carbocycles. The molecule has 1 aliphatic rings. The third-order valence-electron chi connectivity index (χ3n) is 6.39. The van der Waals surface area contributed by atoms with Gasteiger partial charge in [-0.2, -0.15) is 0 Å². The van der Waals surface area contributed by atoms with Gasteiger partial charge in [-0.15, -0.1) is 0 Å². The number of Topliss-reactive ketones (excluding diaryl/α,β-unsaturated/α-hetero) is 1. The molecule has 1 fully saturated rings. The molecule has 150 valence electrons. The van der Waals surface area contributed by atoms with Crippen LogP contribution in [0, 0.1) is 0 Å². The van der Waals surface area contributed by atoms with Gasteiger partial charge in [0.15, 0.2) is 5.78 Å². The third-order valence-corrected chi connectivity index (χ3v) is 6.39. The first-order valence-electron chi connectivity index (χ1n) is 10.5. The predicted octanol–water partition coefficient (Wildman–Crippen LogP) is 5.42. The molecule has 3 heteroatoms. The maximum absolute atomic E-state index is 12.6. The molecule has 0 saturated heterocycles. The van der Waals surface area contributed by atoms with Crippen LogP contribution in [0.4, 0.5) is 0 Å². The number of hydrogen-bond donors (Lipinski definition) is 1. The number of nitrogens with one attached hydrogen (secondary N) is 1. The van der Waals surface area contributed by atoms with Crippen LogP contribution in [0.2, 0.25) is 0 Å². The number of benzene rings is 2. The molecule has 0 aromatic heterocycles. The fourth-order valence-corrected chi connectivity index (χ4v) is 4.50. The normalized spacial score (nSPS) is 24.9. The highest BCUT2D eigenvalue weighted by Crippen LogP contribution is 2.46. The first-order chi connectivity index (χ1) is 13.5. The van der Waals surface area contributed by atoms with E-state index in [1.54, 1.807) is 0 Å². The van der Waals surface area contributed by atoms with Gasteiger partial charge in [-0.25, -0.2) is 0 Å². The number of hydrogen-bond acceptors (Lipinski definition) is 3. The molecular weight excluding hydrogens is 346 g/mol. The molecule has 0 amide bonds. The molecule has 0 spiro atoms.